The predicted octanol–water partition coefficient (Wildman–Crippen LogP) is 1.08. The molecule has 0 atom stereocenters. The highest BCUT2D eigenvalue weighted by Gasteiger charge is 2.12. The molecule has 1 aromatic carbocycles. The zero-order chi connectivity index (χ0) is 9.42. The number of nitrogens with one attached hydrogen (secondary N) is 1. The highest BCUT2D eigenvalue weighted by molar-refractivity contribution is 5.94. The molecule has 1 aliphatic rings. The van der Waals surface area contributed by atoms with Gasteiger partial charge >= 0.3 is 0 Å². The number of benzene rings is 1. The monoisotopic (exact) mass is 174 g/mol. The van der Waals surface area contributed by atoms with Gasteiger partial charge in [-0.25, -0.2) is 4.99 Å². The maximum Gasteiger partial charge on any atom is 0.0990 e. The fourth-order valence-electron chi connectivity index (χ4n) is 1.26. The second kappa shape index (κ2) is 2.52. The van der Waals surface area contributed by atoms with E-state index in [2.05, 4.69) is 16.9 Å². The number of nitrogens with zero attached hydrogens (tertiary/aromatic N) is 1. The number of anilines is 2. The smallest absolute Gasteiger partial charge is 0.0990 e. The molecule has 0 bridgehead atoms. The van der Waals surface area contributed by atoms with Crippen molar-refractivity contribution in [3.63, 3.8) is 0 Å². The van der Waals surface area contributed by atoms with Crippen LogP contribution < -0.4 is 16.8 Å². The van der Waals surface area contributed by atoms with E-state index in [-0.39, 0.29) is 0 Å². The molecular formula is C9H10N4. The van der Waals surface area contributed by atoms with E-state index < -0.39 is 0 Å². The predicted molar refractivity (Wildman–Crippen MR) is 55.6 cm³/mol. The highest BCUT2D eigenvalue weighted by Crippen LogP contribution is 2.35. The van der Waals surface area contributed by atoms with Crippen LogP contribution >= 0.6 is 0 Å². The van der Waals surface area contributed by atoms with Crippen molar-refractivity contribution >= 4 is 29.1 Å². The van der Waals surface area contributed by atoms with Gasteiger partial charge in [-0.15, -0.1) is 0 Å². The summed E-state index contributed by atoms with van der Waals surface area (Å²) < 4.78 is 0. The van der Waals surface area contributed by atoms with Crippen molar-refractivity contribution in [2.75, 3.05) is 11.5 Å². The number of nitrogen functional groups attached to an aromatic ring is 2. The quantitative estimate of drug-likeness (QED) is 0.515. The first kappa shape index (κ1) is 7.67. The lowest BCUT2D eigenvalue weighted by atomic mass is 10.1. The van der Waals surface area contributed by atoms with Gasteiger partial charge in [-0.05, 0) is 12.1 Å². The first-order valence-electron chi connectivity index (χ1n) is 3.86. The Labute approximate surface area is 76.0 Å². The van der Waals surface area contributed by atoms with Gasteiger partial charge in [0.2, 0.25) is 0 Å². The third-order valence-corrected chi connectivity index (χ3v) is 2.01. The molecule has 1 heterocycles. The summed E-state index contributed by atoms with van der Waals surface area (Å²) in [5.74, 6) is 0. The Morgan fingerprint density at radius 1 is 1.31 bits per heavy atom. The van der Waals surface area contributed by atoms with E-state index in [9.17, 15) is 0 Å². The number of fused-ring (bicyclic) bond motifs is 1. The van der Waals surface area contributed by atoms with Gasteiger partial charge in [0.15, 0.2) is 0 Å². The summed E-state index contributed by atoms with van der Waals surface area (Å²) in [5, 5.41) is 2.90. The summed E-state index contributed by atoms with van der Waals surface area (Å²) in [5.41, 5.74) is 14.8. The van der Waals surface area contributed by atoms with Crippen LogP contribution in [0.4, 0.5) is 17.1 Å². The van der Waals surface area contributed by atoms with Crippen molar-refractivity contribution in [1.82, 2.24) is 5.32 Å². The van der Waals surface area contributed by atoms with Gasteiger partial charge in [0.05, 0.1) is 23.4 Å². The molecule has 0 amide bonds. The Hall–Kier alpha value is -1.97. The Kier molecular flexibility index (Phi) is 1.48. The van der Waals surface area contributed by atoms with E-state index in [1.807, 2.05) is 6.07 Å². The first-order chi connectivity index (χ1) is 6.20. The number of nitrogens with two attached hydrogens (primary N) is 2. The van der Waals surface area contributed by atoms with Gasteiger partial charge in [0.1, 0.15) is 0 Å². The third kappa shape index (κ3) is 1.03. The summed E-state index contributed by atoms with van der Waals surface area (Å²) >= 11 is 0. The average molecular weight is 174 g/mol. The minimum absolute atomic E-state index is 0.511. The van der Waals surface area contributed by atoms with Crippen molar-refractivity contribution in [2.45, 2.75) is 0 Å². The van der Waals surface area contributed by atoms with Crippen LogP contribution in [-0.2, 0) is 0 Å². The topological polar surface area (TPSA) is 76.4 Å². The SMILES string of the molecule is C=C1NC=Nc2c1ccc(N)c2N. The van der Waals surface area contributed by atoms with E-state index in [1.54, 1.807) is 12.4 Å². The Bertz CT molecular complexity index is 406. The molecular weight excluding hydrogens is 164 g/mol. The molecule has 2 rings (SSSR count). The van der Waals surface area contributed by atoms with E-state index in [4.69, 9.17) is 11.5 Å². The molecule has 0 saturated heterocycles. The maximum absolute atomic E-state index is 5.76. The van der Waals surface area contributed by atoms with Crippen LogP contribution in [-0.4, -0.2) is 6.34 Å². The summed E-state index contributed by atoms with van der Waals surface area (Å²) in [6.45, 7) is 3.83. The first-order valence-corrected chi connectivity index (χ1v) is 3.86. The molecule has 0 fully saturated rings. The third-order valence-electron chi connectivity index (χ3n) is 2.01. The van der Waals surface area contributed by atoms with Crippen LogP contribution in [0.1, 0.15) is 5.56 Å². The zero-order valence-corrected chi connectivity index (χ0v) is 7.04. The lowest BCUT2D eigenvalue weighted by Crippen LogP contribution is -2.13. The van der Waals surface area contributed by atoms with Gasteiger partial charge < -0.3 is 16.8 Å². The minimum atomic E-state index is 0.511. The van der Waals surface area contributed by atoms with Crippen molar-refractivity contribution in [3.8, 4) is 0 Å². The minimum Gasteiger partial charge on any atom is -0.397 e. The van der Waals surface area contributed by atoms with E-state index >= 15 is 0 Å². The number of aliphatic imine (C=N–C) groups is 1. The van der Waals surface area contributed by atoms with E-state index in [0.29, 0.717) is 17.1 Å². The molecule has 4 nitrogen and oxygen atoms in total. The second-order valence-electron chi connectivity index (χ2n) is 2.85. The molecule has 0 spiro atoms. The van der Waals surface area contributed by atoms with Crippen molar-refractivity contribution in [3.05, 3.63) is 24.3 Å². The van der Waals surface area contributed by atoms with Gasteiger partial charge in [0.25, 0.3) is 0 Å². The zero-order valence-electron chi connectivity index (χ0n) is 7.04. The number of hydrogen-bond acceptors (Lipinski definition) is 4. The Morgan fingerprint density at radius 3 is 2.85 bits per heavy atom. The number of hydrogen-bond donors (Lipinski definition) is 3. The van der Waals surface area contributed by atoms with Gasteiger partial charge in [-0.1, -0.05) is 6.58 Å². The molecule has 13 heavy (non-hydrogen) atoms. The highest BCUT2D eigenvalue weighted by atomic mass is 15.0. The summed E-state index contributed by atoms with van der Waals surface area (Å²) in [6.07, 6.45) is 1.56. The molecule has 0 aromatic heterocycles. The van der Waals surface area contributed by atoms with Gasteiger partial charge in [-0.2, -0.15) is 0 Å². The summed E-state index contributed by atoms with van der Waals surface area (Å²) in [6, 6.07) is 3.61. The Morgan fingerprint density at radius 2 is 2.08 bits per heavy atom. The molecule has 66 valence electrons. The van der Waals surface area contributed by atoms with Crippen LogP contribution in [0.5, 0.6) is 0 Å². The van der Waals surface area contributed by atoms with Crippen LogP contribution in [0, 0.1) is 0 Å². The molecule has 0 radical (unpaired) electrons. The molecule has 4 heteroatoms. The lowest BCUT2D eigenvalue weighted by Gasteiger charge is -2.16. The normalized spacial score (nSPS) is 13.7. The van der Waals surface area contributed by atoms with Crippen LogP contribution in [0.3, 0.4) is 0 Å². The maximum atomic E-state index is 5.76. The molecule has 1 aliphatic heterocycles. The van der Waals surface area contributed by atoms with Crippen LogP contribution in [0.25, 0.3) is 5.70 Å². The molecule has 0 unspecified atom stereocenters. The lowest BCUT2D eigenvalue weighted by molar-refractivity contribution is 1.27. The van der Waals surface area contributed by atoms with Crippen molar-refractivity contribution in [2.24, 2.45) is 4.99 Å². The molecule has 1 aromatic rings. The van der Waals surface area contributed by atoms with Crippen molar-refractivity contribution in [1.29, 1.82) is 0 Å². The average Bonchev–Trinajstić information content (AvgIpc) is 2.12. The molecule has 0 aliphatic carbocycles. The van der Waals surface area contributed by atoms with Gasteiger partial charge in [0, 0.05) is 11.3 Å². The standard InChI is InChI=1S/C9H10N4/c1-5-6-2-3-7(10)8(11)9(6)13-4-12-5/h2-4H,1,10-11H2,(H,12,13). The molecule has 0 saturated carbocycles. The van der Waals surface area contributed by atoms with E-state index in [1.165, 1.54) is 0 Å². The molecule has 5 N–H and O–H groups in total. The Balaban J connectivity index is 2.72. The van der Waals surface area contributed by atoms with Crippen molar-refractivity contribution < 1.29 is 0 Å². The van der Waals surface area contributed by atoms with E-state index in [0.717, 1.165) is 11.3 Å². The number of rotatable bonds is 0. The fourth-order valence-corrected chi connectivity index (χ4v) is 1.26. The second-order valence-corrected chi connectivity index (χ2v) is 2.85. The summed E-state index contributed by atoms with van der Waals surface area (Å²) in [7, 11) is 0. The van der Waals surface area contributed by atoms with Crippen LogP contribution in [0.15, 0.2) is 23.7 Å². The fraction of sp³-hybridized carbons (Fsp3) is 0. The summed E-state index contributed by atoms with van der Waals surface area (Å²) in [4.78, 5) is 4.10. The van der Waals surface area contributed by atoms with Gasteiger partial charge in [-0.3, -0.25) is 0 Å². The van der Waals surface area contributed by atoms with Crippen LogP contribution in [0.2, 0.25) is 0 Å². The largest absolute Gasteiger partial charge is 0.397 e.